The summed E-state index contributed by atoms with van der Waals surface area (Å²) >= 11 is 0. The maximum absolute atomic E-state index is 11.5. The molecule has 98 valence electrons. The molecule has 0 unspecified atom stereocenters. The van der Waals surface area contributed by atoms with Crippen molar-refractivity contribution in [1.29, 1.82) is 0 Å². The van der Waals surface area contributed by atoms with E-state index in [0.29, 0.717) is 12.3 Å². The summed E-state index contributed by atoms with van der Waals surface area (Å²) in [6.07, 6.45) is 1.57. The van der Waals surface area contributed by atoms with Crippen LogP contribution < -0.4 is 14.8 Å². The standard InChI is InChI=1S/C14H19NO3/c1-10(2)7-14(16)15-9-11-5-6-12(17-3)8-13(11)18-4/h5-8H,9H2,1-4H3,(H,15,16). The Morgan fingerprint density at radius 3 is 2.56 bits per heavy atom. The maximum Gasteiger partial charge on any atom is 0.244 e. The van der Waals surface area contributed by atoms with Crippen molar-refractivity contribution in [2.24, 2.45) is 0 Å². The van der Waals surface area contributed by atoms with Gasteiger partial charge in [0.1, 0.15) is 11.5 Å². The molecule has 0 aliphatic heterocycles. The molecule has 4 heteroatoms. The molecule has 0 heterocycles. The molecule has 0 aromatic heterocycles. The van der Waals surface area contributed by atoms with Crippen molar-refractivity contribution in [3.05, 3.63) is 35.4 Å². The first-order chi connectivity index (χ1) is 8.56. The highest BCUT2D eigenvalue weighted by Crippen LogP contribution is 2.24. The molecule has 0 fully saturated rings. The number of hydrogen-bond acceptors (Lipinski definition) is 3. The van der Waals surface area contributed by atoms with Crippen molar-refractivity contribution in [3.63, 3.8) is 0 Å². The van der Waals surface area contributed by atoms with Gasteiger partial charge in [0.05, 0.1) is 14.2 Å². The summed E-state index contributed by atoms with van der Waals surface area (Å²) in [6.45, 7) is 4.19. The highest BCUT2D eigenvalue weighted by Gasteiger charge is 2.05. The van der Waals surface area contributed by atoms with Gasteiger partial charge in [-0.25, -0.2) is 0 Å². The van der Waals surface area contributed by atoms with E-state index in [-0.39, 0.29) is 5.91 Å². The van der Waals surface area contributed by atoms with E-state index in [2.05, 4.69) is 5.32 Å². The Morgan fingerprint density at radius 2 is 2.00 bits per heavy atom. The third-order valence-electron chi connectivity index (χ3n) is 2.37. The number of benzene rings is 1. The van der Waals surface area contributed by atoms with Crippen LogP contribution in [0.25, 0.3) is 0 Å². The average molecular weight is 249 g/mol. The Labute approximate surface area is 108 Å². The summed E-state index contributed by atoms with van der Waals surface area (Å²) in [5, 5.41) is 2.81. The molecule has 0 aliphatic rings. The van der Waals surface area contributed by atoms with E-state index < -0.39 is 0 Å². The van der Waals surface area contributed by atoms with Crippen LogP contribution >= 0.6 is 0 Å². The van der Waals surface area contributed by atoms with Crippen LogP contribution in [0.15, 0.2) is 29.8 Å². The number of ether oxygens (including phenoxy) is 2. The number of carbonyl (C=O) groups excluding carboxylic acids is 1. The smallest absolute Gasteiger partial charge is 0.244 e. The molecular formula is C14H19NO3. The fraction of sp³-hybridized carbons (Fsp3) is 0.357. The number of allylic oxidation sites excluding steroid dienone is 1. The van der Waals surface area contributed by atoms with Crippen molar-refractivity contribution in [2.45, 2.75) is 20.4 Å². The third kappa shape index (κ3) is 4.13. The molecule has 0 aliphatic carbocycles. The van der Waals surface area contributed by atoms with E-state index in [1.807, 2.05) is 26.0 Å². The molecule has 1 aromatic rings. The van der Waals surface area contributed by atoms with Gasteiger partial charge in [0, 0.05) is 24.3 Å². The first kappa shape index (κ1) is 14.1. The lowest BCUT2D eigenvalue weighted by atomic mass is 10.2. The second-order valence-corrected chi connectivity index (χ2v) is 4.12. The zero-order valence-corrected chi connectivity index (χ0v) is 11.2. The molecule has 0 atom stereocenters. The number of nitrogens with one attached hydrogen (secondary N) is 1. The van der Waals surface area contributed by atoms with Gasteiger partial charge in [-0.2, -0.15) is 0 Å². The van der Waals surface area contributed by atoms with Crippen LogP contribution in [0.4, 0.5) is 0 Å². The summed E-state index contributed by atoms with van der Waals surface area (Å²) < 4.78 is 10.4. The third-order valence-corrected chi connectivity index (χ3v) is 2.37. The van der Waals surface area contributed by atoms with Gasteiger partial charge >= 0.3 is 0 Å². The molecular weight excluding hydrogens is 230 g/mol. The molecule has 0 saturated heterocycles. The molecule has 1 N–H and O–H groups in total. The van der Waals surface area contributed by atoms with Crippen LogP contribution in [0, 0.1) is 0 Å². The van der Waals surface area contributed by atoms with Gasteiger partial charge in [-0.1, -0.05) is 5.57 Å². The number of methoxy groups -OCH3 is 2. The number of amides is 1. The molecule has 0 bridgehead atoms. The highest BCUT2D eigenvalue weighted by atomic mass is 16.5. The van der Waals surface area contributed by atoms with Crippen LogP contribution in [0.2, 0.25) is 0 Å². The second kappa shape index (κ2) is 6.69. The second-order valence-electron chi connectivity index (χ2n) is 4.12. The van der Waals surface area contributed by atoms with Gasteiger partial charge in [-0.05, 0) is 26.0 Å². The summed E-state index contributed by atoms with van der Waals surface area (Å²) in [4.78, 5) is 11.5. The van der Waals surface area contributed by atoms with Crippen molar-refractivity contribution >= 4 is 5.91 Å². The fourth-order valence-corrected chi connectivity index (χ4v) is 1.49. The van der Waals surface area contributed by atoms with Gasteiger partial charge in [0.2, 0.25) is 5.91 Å². The molecule has 0 radical (unpaired) electrons. The van der Waals surface area contributed by atoms with E-state index in [1.165, 1.54) is 0 Å². The van der Waals surface area contributed by atoms with Gasteiger partial charge in [0.25, 0.3) is 0 Å². The van der Waals surface area contributed by atoms with Gasteiger partial charge in [0.15, 0.2) is 0 Å². The summed E-state index contributed by atoms with van der Waals surface area (Å²) in [5.74, 6) is 1.32. The number of rotatable bonds is 5. The zero-order valence-electron chi connectivity index (χ0n) is 11.2. The van der Waals surface area contributed by atoms with E-state index in [4.69, 9.17) is 9.47 Å². The minimum absolute atomic E-state index is 0.104. The molecule has 1 rings (SSSR count). The first-order valence-electron chi connectivity index (χ1n) is 5.70. The number of carbonyl (C=O) groups is 1. The Kier molecular flexibility index (Phi) is 5.24. The van der Waals surface area contributed by atoms with Crippen molar-refractivity contribution in [2.75, 3.05) is 14.2 Å². The van der Waals surface area contributed by atoms with E-state index >= 15 is 0 Å². The van der Waals surface area contributed by atoms with E-state index in [0.717, 1.165) is 16.9 Å². The summed E-state index contributed by atoms with van der Waals surface area (Å²) in [7, 11) is 3.20. The Balaban J connectivity index is 2.73. The van der Waals surface area contributed by atoms with Crippen LogP contribution in [-0.2, 0) is 11.3 Å². The molecule has 1 amide bonds. The van der Waals surface area contributed by atoms with E-state index in [9.17, 15) is 4.79 Å². The minimum Gasteiger partial charge on any atom is -0.497 e. The predicted molar refractivity (Wildman–Crippen MR) is 70.8 cm³/mol. The summed E-state index contributed by atoms with van der Waals surface area (Å²) in [6, 6.07) is 5.51. The van der Waals surface area contributed by atoms with Crippen molar-refractivity contribution in [1.82, 2.24) is 5.32 Å². The Hall–Kier alpha value is -1.97. The summed E-state index contributed by atoms with van der Waals surface area (Å²) in [5.41, 5.74) is 1.88. The zero-order chi connectivity index (χ0) is 13.5. The molecule has 0 saturated carbocycles. The van der Waals surface area contributed by atoms with Crippen LogP contribution in [0.3, 0.4) is 0 Å². The van der Waals surface area contributed by atoms with Crippen molar-refractivity contribution in [3.8, 4) is 11.5 Å². The van der Waals surface area contributed by atoms with Crippen LogP contribution in [0.1, 0.15) is 19.4 Å². The molecule has 4 nitrogen and oxygen atoms in total. The van der Waals surface area contributed by atoms with Gasteiger partial charge < -0.3 is 14.8 Å². The highest BCUT2D eigenvalue weighted by molar-refractivity contribution is 5.88. The minimum atomic E-state index is -0.104. The predicted octanol–water partition coefficient (Wildman–Crippen LogP) is 2.29. The SMILES string of the molecule is COc1ccc(CNC(=O)C=C(C)C)c(OC)c1. The molecule has 1 aromatic carbocycles. The normalized spacial score (nSPS) is 9.56. The molecule has 0 spiro atoms. The maximum atomic E-state index is 11.5. The van der Waals surface area contributed by atoms with Crippen LogP contribution in [-0.4, -0.2) is 20.1 Å². The van der Waals surface area contributed by atoms with Crippen LogP contribution in [0.5, 0.6) is 11.5 Å². The van der Waals surface area contributed by atoms with Gasteiger partial charge in [-0.15, -0.1) is 0 Å². The van der Waals surface area contributed by atoms with Crippen molar-refractivity contribution < 1.29 is 14.3 Å². The first-order valence-corrected chi connectivity index (χ1v) is 5.70. The quantitative estimate of drug-likeness (QED) is 0.814. The number of hydrogen-bond donors (Lipinski definition) is 1. The fourth-order valence-electron chi connectivity index (χ4n) is 1.49. The monoisotopic (exact) mass is 249 g/mol. The lowest BCUT2D eigenvalue weighted by Gasteiger charge is -2.10. The lowest BCUT2D eigenvalue weighted by Crippen LogP contribution is -2.20. The average Bonchev–Trinajstić information content (AvgIpc) is 2.35. The Bertz CT molecular complexity index is 448. The Morgan fingerprint density at radius 1 is 1.28 bits per heavy atom. The van der Waals surface area contributed by atoms with E-state index in [1.54, 1.807) is 26.4 Å². The van der Waals surface area contributed by atoms with Gasteiger partial charge in [-0.3, -0.25) is 4.79 Å². The lowest BCUT2D eigenvalue weighted by molar-refractivity contribution is -0.116. The topological polar surface area (TPSA) is 47.6 Å². The largest absolute Gasteiger partial charge is 0.497 e. The molecule has 18 heavy (non-hydrogen) atoms.